The van der Waals surface area contributed by atoms with Crippen molar-refractivity contribution < 1.29 is 23.1 Å². The number of carbonyl (C=O) groups excluding carboxylic acids is 1. The molecule has 236 valence electrons. The number of nitrogens with one attached hydrogen (secondary N) is 1. The van der Waals surface area contributed by atoms with E-state index in [-0.39, 0.29) is 29.6 Å². The van der Waals surface area contributed by atoms with Gasteiger partial charge in [0, 0.05) is 28.8 Å². The lowest BCUT2D eigenvalue weighted by Crippen LogP contribution is -2.48. The van der Waals surface area contributed by atoms with Crippen molar-refractivity contribution in [1.29, 1.82) is 5.26 Å². The number of hydrogen-bond donors (Lipinski definition) is 1. The lowest BCUT2D eigenvalue weighted by molar-refractivity contribution is -0.0288. The number of hydrogen-bond acceptors (Lipinski definition) is 8. The number of nitrogens with zero attached hydrogens (tertiary/aromatic N) is 4. The summed E-state index contributed by atoms with van der Waals surface area (Å²) in [5.74, 6) is 0.677. The van der Waals surface area contributed by atoms with Crippen LogP contribution in [-0.4, -0.2) is 51.6 Å². The standard InChI is InChI=1S/C35H40FN5O4/c1-34(2,3)44-22-35(4,5)40-33(42)25-11-12-29-30(18-25)45-32(39-29)20-41-15-13-24(14-16-41)28-7-6-8-31(38-28)43-21-26-10-9-23(19-37)17-27(26)36/h6-12,17-18,24H,13-16,20-22H2,1-5H3,(H,40,42). The highest BCUT2D eigenvalue weighted by molar-refractivity contribution is 5.97. The SMILES string of the molecule is CC(C)(COC(C)(C)C)NC(=O)c1ccc2nc(CN3CCC(c4cccc(OCc5ccc(C#N)cc5F)n4)CC3)oc2c1. The summed E-state index contributed by atoms with van der Waals surface area (Å²) in [5.41, 5.74) is 2.58. The third-order valence-corrected chi connectivity index (χ3v) is 7.68. The lowest BCUT2D eigenvalue weighted by atomic mass is 9.93. The zero-order valence-corrected chi connectivity index (χ0v) is 26.5. The molecule has 0 radical (unpaired) electrons. The Morgan fingerprint density at radius 3 is 2.58 bits per heavy atom. The van der Waals surface area contributed by atoms with E-state index in [0.717, 1.165) is 31.6 Å². The number of carbonyl (C=O) groups is 1. The van der Waals surface area contributed by atoms with Crippen LogP contribution in [0.4, 0.5) is 4.39 Å². The number of amides is 1. The highest BCUT2D eigenvalue weighted by atomic mass is 19.1. The monoisotopic (exact) mass is 613 g/mol. The summed E-state index contributed by atoms with van der Waals surface area (Å²) in [4.78, 5) is 24.6. The van der Waals surface area contributed by atoms with Gasteiger partial charge in [0.1, 0.15) is 17.9 Å². The van der Waals surface area contributed by atoms with Crippen LogP contribution < -0.4 is 10.1 Å². The van der Waals surface area contributed by atoms with Crippen molar-refractivity contribution in [1.82, 2.24) is 20.2 Å². The zero-order chi connectivity index (χ0) is 32.2. The van der Waals surface area contributed by atoms with Crippen molar-refractivity contribution in [2.24, 2.45) is 0 Å². The Morgan fingerprint density at radius 1 is 1.09 bits per heavy atom. The van der Waals surface area contributed by atoms with Gasteiger partial charge in [0.2, 0.25) is 11.8 Å². The molecule has 0 saturated carbocycles. The Labute approximate surface area is 263 Å². The largest absolute Gasteiger partial charge is 0.473 e. The molecule has 5 rings (SSSR count). The van der Waals surface area contributed by atoms with Crippen molar-refractivity contribution in [3.63, 3.8) is 0 Å². The molecule has 1 amide bonds. The van der Waals surface area contributed by atoms with Gasteiger partial charge >= 0.3 is 0 Å². The van der Waals surface area contributed by atoms with E-state index in [0.29, 0.717) is 47.1 Å². The molecule has 0 bridgehead atoms. The molecule has 10 heteroatoms. The Balaban J connectivity index is 1.14. The summed E-state index contributed by atoms with van der Waals surface area (Å²) in [7, 11) is 0. The van der Waals surface area contributed by atoms with Gasteiger partial charge in [-0.15, -0.1) is 0 Å². The molecule has 0 unspecified atom stereocenters. The maximum atomic E-state index is 14.2. The third kappa shape index (κ3) is 8.65. The summed E-state index contributed by atoms with van der Waals surface area (Å²) in [6, 6.07) is 17.3. The number of pyridine rings is 1. The number of rotatable bonds is 10. The molecule has 1 aliphatic heterocycles. The van der Waals surface area contributed by atoms with Crippen LogP contribution in [-0.2, 0) is 17.9 Å². The van der Waals surface area contributed by atoms with Crippen LogP contribution >= 0.6 is 0 Å². The highest BCUT2D eigenvalue weighted by Crippen LogP contribution is 2.29. The number of ether oxygens (including phenoxy) is 2. The fraction of sp³-hybridized carbons (Fsp3) is 0.429. The third-order valence-electron chi connectivity index (χ3n) is 7.68. The van der Waals surface area contributed by atoms with E-state index >= 15 is 0 Å². The number of aromatic nitrogens is 2. The molecule has 1 fully saturated rings. The van der Waals surface area contributed by atoms with Gasteiger partial charge in [0.25, 0.3) is 5.91 Å². The molecular formula is C35H40FN5O4. The fourth-order valence-electron chi connectivity index (χ4n) is 5.20. The molecule has 3 heterocycles. The first-order valence-corrected chi connectivity index (χ1v) is 15.2. The van der Waals surface area contributed by atoms with E-state index in [1.165, 1.54) is 6.07 Å². The molecule has 2 aromatic heterocycles. The predicted molar refractivity (Wildman–Crippen MR) is 168 cm³/mol. The summed E-state index contributed by atoms with van der Waals surface area (Å²) >= 11 is 0. The molecule has 2 aromatic carbocycles. The molecule has 1 N–H and O–H groups in total. The number of nitriles is 1. The van der Waals surface area contributed by atoms with Crippen molar-refractivity contribution in [3.05, 3.63) is 88.7 Å². The zero-order valence-electron chi connectivity index (χ0n) is 26.5. The topological polar surface area (TPSA) is 114 Å². The first-order valence-electron chi connectivity index (χ1n) is 15.2. The minimum Gasteiger partial charge on any atom is -0.473 e. The van der Waals surface area contributed by atoms with Gasteiger partial charge in [-0.3, -0.25) is 9.69 Å². The lowest BCUT2D eigenvalue weighted by Gasteiger charge is -2.30. The molecule has 4 aromatic rings. The fourth-order valence-corrected chi connectivity index (χ4v) is 5.20. The normalized spacial score (nSPS) is 14.8. The Kier molecular flexibility index (Phi) is 9.51. The van der Waals surface area contributed by atoms with Crippen LogP contribution in [0.2, 0.25) is 0 Å². The van der Waals surface area contributed by atoms with Crippen LogP contribution in [0.15, 0.2) is 59.0 Å². The molecule has 0 atom stereocenters. The minimum atomic E-state index is -0.534. The Hall–Kier alpha value is -4.33. The number of halogens is 1. The van der Waals surface area contributed by atoms with Crippen molar-refractivity contribution in [2.75, 3.05) is 19.7 Å². The molecule has 9 nitrogen and oxygen atoms in total. The predicted octanol–water partition coefficient (Wildman–Crippen LogP) is 6.52. The van der Waals surface area contributed by atoms with Crippen molar-refractivity contribution >= 4 is 17.0 Å². The highest BCUT2D eigenvalue weighted by Gasteiger charge is 2.26. The summed E-state index contributed by atoms with van der Waals surface area (Å²) in [5, 5.41) is 12.0. The van der Waals surface area contributed by atoms with Gasteiger partial charge in [-0.05, 0) is 96.9 Å². The van der Waals surface area contributed by atoms with Crippen LogP contribution in [0.1, 0.15) is 86.4 Å². The Bertz CT molecular complexity index is 1700. The van der Waals surface area contributed by atoms with E-state index in [4.69, 9.17) is 24.1 Å². The minimum absolute atomic E-state index is 0.0352. The quantitative estimate of drug-likeness (QED) is 0.215. The molecule has 1 saturated heterocycles. The molecule has 0 aliphatic carbocycles. The van der Waals surface area contributed by atoms with Crippen LogP contribution in [0.3, 0.4) is 0 Å². The van der Waals surface area contributed by atoms with E-state index in [1.54, 1.807) is 30.3 Å². The van der Waals surface area contributed by atoms with Gasteiger partial charge < -0.3 is 19.2 Å². The molecule has 45 heavy (non-hydrogen) atoms. The number of fused-ring (bicyclic) bond motifs is 1. The number of piperidine rings is 1. The van der Waals surface area contributed by atoms with E-state index < -0.39 is 11.4 Å². The Morgan fingerprint density at radius 2 is 1.87 bits per heavy atom. The molecular weight excluding hydrogens is 573 g/mol. The average molecular weight is 614 g/mol. The van der Waals surface area contributed by atoms with Gasteiger partial charge in [0.05, 0.1) is 35.9 Å². The second-order valence-electron chi connectivity index (χ2n) is 13.2. The van der Waals surface area contributed by atoms with Crippen LogP contribution in [0, 0.1) is 17.1 Å². The average Bonchev–Trinajstić information content (AvgIpc) is 3.41. The molecule has 1 aliphatic rings. The second kappa shape index (κ2) is 13.3. The number of oxazole rings is 1. The van der Waals surface area contributed by atoms with E-state index in [2.05, 4.69) is 15.2 Å². The van der Waals surface area contributed by atoms with Crippen LogP contribution in [0.25, 0.3) is 11.1 Å². The summed E-state index contributed by atoms with van der Waals surface area (Å²) in [6.07, 6.45) is 1.83. The van der Waals surface area contributed by atoms with Crippen molar-refractivity contribution in [3.8, 4) is 11.9 Å². The van der Waals surface area contributed by atoms with Crippen LogP contribution in [0.5, 0.6) is 5.88 Å². The van der Waals surface area contributed by atoms with Gasteiger partial charge in [-0.25, -0.2) is 14.4 Å². The van der Waals surface area contributed by atoms with Gasteiger partial charge in [-0.2, -0.15) is 5.26 Å². The summed E-state index contributed by atoms with van der Waals surface area (Å²) < 4.78 is 32.0. The summed E-state index contributed by atoms with van der Waals surface area (Å²) in [6.45, 7) is 12.5. The van der Waals surface area contributed by atoms with Crippen molar-refractivity contribution in [2.45, 2.75) is 77.7 Å². The van der Waals surface area contributed by atoms with Gasteiger partial charge in [0.15, 0.2) is 5.58 Å². The maximum absolute atomic E-state index is 14.2. The second-order valence-corrected chi connectivity index (χ2v) is 13.2. The van der Waals surface area contributed by atoms with E-state index in [1.807, 2.05) is 58.9 Å². The number of likely N-dealkylation sites (tertiary alicyclic amines) is 1. The maximum Gasteiger partial charge on any atom is 0.251 e. The van der Waals surface area contributed by atoms with E-state index in [9.17, 15) is 9.18 Å². The molecule has 0 spiro atoms. The first-order chi connectivity index (χ1) is 21.4. The first kappa shape index (κ1) is 32.1. The van der Waals surface area contributed by atoms with Gasteiger partial charge in [-0.1, -0.05) is 12.1 Å². The number of benzene rings is 2. The smallest absolute Gasteiger partial charge is 0.251 e.